The Kier molecular flexibility index (Phi) is 5.40. The van der Waals surface area contributed by atoms with Crippen molar-refractivity contribution >= 4 is 11.6 Å². The van der Waals surface area contributed by atoms with Gasteiger partial charge in [-0.2, -0.15) is 0 Å². The topological polar surface area (TPSA) is 61.2 Å². The first kappa shape index (κ1) is 17.1. The van der Waals surface area contributed by atoms with Crippen molar-refractivity contribution in [3.63, 3.8) is 0 Å². The van der Waals surface area contributed by atoms with Crippen molar-refractivity contribution in [1.29, 1.82) is 0 Å². The maximum absolute atomic E-state index is 6.40. The zero-order valence-electron chi connectivity index (χ0n) is 14.1. The number of aryl methyl sites for hydroxylation is 1. The fourth-order valence-electron chi connectivity index (χ4n) is 2.32. The van der Waals surface area contributed by atoms with Crippen LogP contribution in [0.5, 0.6) is 11.5 Å². The zero-order valence-corrected chi connectivity index (χ0v) is 14.8. The Morgan fingerprint density at radius 1 is 1.08 bits per heavy atom. The van der Waals surface area contributed by atoms with Crippen molar-refractivity contribution in [1.82, 2.24) is 14.9 Å². The molecular formula is C18H19ClN4O2. The van der Waals surface area contributed by atoms with E-state index in [0.717, 1.165) is 11.1 Å². The number of benzene rings is 2. The molecule has 7 heteroatoms. The highest BCUT2D eigenvalue weighted by Gasteiger charge is 2.12. The number of rotatable bonds is 7. The van der Waals surface area contributed by atoms with Gasteiger partial charge in [-0.05, 0) is 30.2 Å². The quantitative estimate of drug-likeness (QED) is 0.699. The third kappa shape index (κ3) is 4.42. The molecule has 6 nitrogen and oxygen atoms in total. The van der Waals surface area contributed by atoms with E-state index >= 15 is 0 Å². The third-order valence-corrected chi connectivity index (χ3v) is 3.96. The molecule has 0 aliphatic heterocycles. The summed E-state index contributed by atoms with van der Waals surface area (Å²) >= 11 is 6.40. The standard InChI is InChI=1S/C18H19ClN4O2/c1-13-3-5-14(6-4-13)10-25-18-16(19)7-15(8-17(18)24-2)9-22-23-11-20-21-12-23/h3-8,11-12,22H,9-10H2,1-2H3. The van der Waals surface area contributed by atoms with Crippen LogP contribution in [0.25, 0.3) is 0 Å². The Hall–Kier alpha value is -2.73. The van der Waals surface area contributed by atoms with Crippen molar-refractivity contribution in [2.45, 2.75) is 20.1 Å². The van der Waals surface area contributed by atoms with Gasteiger partial charge in [0.15, 0.2) is 11.5 Å². The first-order valence-electron chi connectivity index (χ1n) is 7.79. The maximum Gasteiger partial charge on any atom is 0.180 e. The number of methoxy groups -OCH3 is 1. The van der Waals surface area contributed by atoms with Crippen LogP contribution in [0.1, 0.15) is 16.7 Å². The van der Waals surface area contributed by atoms with Gasteiger partial charge in [-0.3, -0.25) is 0 Å². The molecule has 0 saturated carbocycles. The van der Waals surface area contributed by atoms with E-state index in [4.69, 9.17) is 21.1 Å². The van der Waals surface area contributed by atoms with E-state index in [1.165, 1.54) is 5.56 Å². The fourth-order valence-corrected chi connectivity index (χ4v) is 2.61. The summed E-state index contributed by atoms with van der Waals surface area (Å²) in [5, 5.41) is 7.98. The van der Waals surface area contributed by atoms with Crippen molar-refractivity contribution < 1.29 is 9.47 Å². The Labute approximate surface area is 151 Å². The molecule has 0 fully saturated rings. The van der Waals surface area contributed by atoms with Gasteiger partial charge in [0.05, 0.1) is 18.7 Å². The summed E-state index contributed by atoms with van der Waals surface area (Å²) in [5.74, 6) is 1.14. The lowest BCUT2D eigenvalue weighted by molar-refractivity contribution is 0.284. The Balaban J connectivity index is 1.71. The van der Waals surface area contributed by atoms with Crippen LogP contribution in [0.4, 0.5) is 0 Å². The Bertz CT molecular complexity index is 820. The van der Waals surface area contributed by atoms with Gasteiger partial charge in [0.1, 0.15) is 19.3 Å². The molecule has 0 unspecified atom stereocenters. The summed E-state index contributed by atoms with van der Waals surface area (Å²) in [6.45, 7) is 3.03. The van der Waals surface area contributed by atoms with Crippen molar-refractivity contribution in [3.8, 4) is 11.5 Å². The first-order chi connectivity index (χ1) is 12.2. The van der Waals surface area contributed by atoms with E-state index in [9.17, 15) is 0 Å². The van der Waals surface area contributed by atoms with Gasteiger partial charge >= 0.3 is 0 Å². The molecule has 0 spiro atoms. The number of aromatic nitrogens is 3. The number of hydrogen-bond donors (Lipinski definition) is 1. The van der Waals surface area contributed by atoms with Crippen molar-refractivity contribution in [3.05, 3.63) is 70.8 Å². The minimum atomic E-state index is 0.425. The average molecular weight is 359 g/mol. The van der Waals surface area contributed by atoms with Crippen LogP contribution in [-0.2, 0) is 13.2 Å². The Morgan fingerprint density at radius 3 is 2.48 bits per heavy atom. The lowest BCUT2D eigenvalue weighted by atomic mass is 10.1. The largest absolute Gasteiger partial charge is 0.493 e. The molecule has 3 aromatic rings. The van der Waals surface area contributed by atoms with Crippen LogP contribution in [0, 0.1) is 6.92 Å². The van der Waals surface area contributed by atoms with E-state index in [2.05, 4.69) is 34.7 Å². The first-order valence-corrected chi connectivity index (χ1v) is 8.17. The van der Waals surface area contributed by atoms with Gasteiger partial charge in [0, 0.05) is 0 Å². The van der Waals surface area contributed by atoms with E-state index in [-0.39, 0.29) is 0 Å². The van der Waals surface area contributed by atoms with E-state index in [1.807, 2.05) is 24.3 Å². The van der Waals surface area contributed by atoms with Crippen LogP contribution >= 0.6 is 11.6 Å². The monoisotopic (exact) mass is 358 g/mol. The second kappa shape index (κ2) is 7.90. The molecule has 0 atom stereocenters. The maximum atomic E-state index is 6.40. The second-order valence-corrected chi connectivity index (χ2v) is 5.99. The highest BCUT2D eigenvalue weighted by molar-refractivity contribution is 6.32. The molecule has 0 aliphatic rings. The molecule has 2 aromatic carbocycles. The Morgan fingerprint density at radius 2 is 1.80 bits per heavy atom. The highest BCUT2D eigenvalue weighted by atomic mass is 35.5. The smallest absolute Gasteiger partial charge is 0.180 e. The lowest BCUT2D eigenvalue weighted by Gasteiger charge is -2.15. The second-order valence-electron chi connectivity index (χ2n) is 5.59. The number of nitrogens with zero attached hydrogens (tertiary/aromatic N) is 3. The number of nitrogens with one attached hydrogen (secondary N) is 1. The minimum absolute atomic E-state index is 0.425. The molecule has 0 bridgehead atoms. The summed E-state index contributed by atoms with van der Waals surface area (Å²) in [6, 6.07) is 11.9. The number of ether oxygens (including phenoxy) is 2. The molecule has 3 rings (SSSR count). The van der Waals surface area contributed by atoms with Gasteiger partial charge in [0.2, 0.25) is 0 Å². The number of hydrogen-bond acceptors (Lipinski definition) is 5. The van der Waals surface area contributed by atoms with Crippen LogP contribution in [0.3, 0.4) is 0 Å². The number of halogens is 1. The van der Waals surface area contributed by atoms with Gasteiger partial charge in [-0.15, -0.1) is 10.2 Å². The normalized spacial score (nSPS) is 10.5. The molecule has 130 valence electrons. The molecule has 0 saturated heterocycles. The lowest BCUT2D eigenvalue weighted by Crippen LogP contribution is -2.12. The molecule has 0 amide bonds. The predicted octanol–water partition coefficient (Wildman–Crippen LogP) is 3.57. The van der Waals surface area contributed by atoms with Crippen LogP contribution < -0.4 is 14.9 Å². The van der Waals surface area contributed by atoms with Crippen LogP contribution in [0.2, 0.25) is 5.02 Å². The zero-order chi connectivity index (χ0) is 17.6. The SMILES string of the molecule is COc1cc(CNn2cnnc2)cc(Cl)c1OCc1ccc(C)cc1. The van der Waals surface area contributed by atoms with Gasteiger partial charge in [-0.1, -0.05) is 41.4 Å². The van der Waals surface area contributed by atoms with Crippen molar-refractivity contribution in [2.24, 2.45) is 0 Å². The van der Waals surface area contributed by atoms with Crippen LogP contribution in [0.15, 0.2) is 49.1 Å². The molecule has 1 N–H and O–H groups in total. The molecule has 0 aliphatic carbocycles. The third-order valence-electron chi connectivity index (χ3n) is 3.68. The minimum Gasteiger partial charge on any atom is -0.493 e. The summed E-state index contributed by atoms with van der Waals surface area (Å²) in [6.07, 6.45) is 3.16. The van der Waals surface area contributed by atoms with E-state index in [0.29, 0.717) is 29.7 Å². The van der Waals surface area contributed by atoms with E-state index < -0.39 is 0 Å². The average Bonchev–Trinajstić information content (AvgIpc) is 3.13. The van der Waals surface area contributed by atoms with Crippen LogP contribution in [-0.4, -0.2) is 22.0 Å². The van der Waals surface area contributed by atoms with Gasteiger partial charge < -0.3 is 14.9 Å². The summed E-state index contributed by atoms with van der Waals surface area (Å²) in [5.41, 5.74) is 6.38. The van der Waals surface area contributed by atoms with Crippen molar-refractivity contribution in [2.75, 3.05) is 12.5 Å². The molecule has 1 aromatic heterocycles. The summed E-state index contributed by atoms with van der Waals surface area (Å²) in [7, 11) is 1.60. The molecule has 25 heavy (non-hydrogen) atoms. The molecule has 1 heterocycles. The fraction of sp³-hybridized carbons (Fsp3) is 0.222. The molecular weight excluding hydrogens is 340 g/mol. The summed E-state index contributed by atoms with van der Waals surface area (Å²) < 4.78 is 13.0. The van der Waals surface area contributed by atoms with E-state index in [1.54, 1.807) is 24.4 Å². The van der Waals surface area contributed by atoms with Gasteiger partial charge in [-0.25, -0.2) is 4.68 Å². The molecule has 0 radical (unpaired) electrons. The van der Waals surface area contributed by atoms with Gasteiger partial charge in [0.25, 0.3) is 0 Å². The predicted molar refractivity (Wildman–Crippen MR) is 96.6 cm³/mol. The summed E-state index contributed by atoms with van der Waals surface area (Å²) in [4.78, 5) is 0. The highest BCUT2D eigenvalue weighted by Crippen LogP contribution is 2.37.